The maximum atomic E-state index is 7.51. The number of para-hydroxylation sites is 1. The third-order valence-corrected chi connectivity index (χ3v) is 3.84. The first-order valence-electron chi connectivity index (χ1n) is 6.69. The van der Waals surface area contributed by atoms with Gasteiger partial charge in [0, 0.05) is 24.4 Å². The molecular weight excluding hydrogens is 236 g/mol. The molecule has 0 aliphatic carbocycles. The van der Waals surface area contributed by atoms with Crippen LogP contribution >= 0.6 is 0 Å². The molecule has 0 amide bonds. The van der Waals surface area contributed by atoms with Gasteiger partial charge in [0.1, 0.15) is 5.82 Å². The van der Waals surface area contributed by atoms with Crippen molar-refractivity contribution in [1.82, 2.24) is 4.98 Å². The van der Waals surface area contributed by atoms with Crippen LogP contribution in [0.3, 0.4) is 0 Å². The highest BCUT2D eigenvalue weighted by molar-refractivity contribution is 5.81. The Hall–Kier alpha value is -2.10. The lowest BCUT2D eigenvalue weighted by Crippen LogP contribution is -2.38. The molecule has 0 unspecified atom stereocenters. The Labute approximate surface area is 112 Å². The van der Waals surface area contributed by atoms with Gasteiger partial charge < -0.3 is 10.6 Å². The van der Waals surface area contributed by atoms with Gasteiger partial charge >= 0.3 is 0 Å². The number of nitrogens with zero attached hydrogens (tertiary/aromatic N) is 2. The minimum absolute atomic E-state index is 0.247. The van der Waals surface area contributed by atoms with Crippen molar-refractivity contribution in [1.29, 1.82) is 5.41 Å². The summed E-state index contributed by atoms with van der Waals surface area (Å²) in [6.07, 6.45) is 1.90. The fraction of sp³-hybridized carbons (Fsp3) is 0.333. The van der Waals surface area contributed by atoms with Gasteiger partial charge in [0.05, 0.1) is 11.4 Å². The van der Waals surface area contributed by atoms with Gasteiger partial charge in [0.2, 0.25) is 0 Å². The molecular formula is C15H18N4. The van der Waals surface area contributed by atoms with Crippen molar-refractivity contribution in [3.8, 4) is 0 Å². The summed E-state index contributed by atoms with van der Waals surface area (Å²) in [5.41, 5.74) is 6.61. The molecule has 2 heterocycles. The topological polar surface area (TPSA) is 66.0 Å². The Morgan fingerprint density at radius 1 is 1.16 bits per heavy atom. The van der Waals surface area contributed by atoms with Gasteiger partial charge in [-0.2, -0.15) is 0 Å². The van der Waals surface area contributed by atoms with Gasteiger partial charge in [-0.1, -0.05) is 18.2 Å². The predicted octanol–water partition coefficient (Wildman–Crippen LogP) is 2.39. The highest BCUT2D eigenvalue weighted by Gasteiger charge is 2.21. The average molecular weight is 254 g/mol. The first-order valence-corrected chi connectivity index (χ1v) is 6.69. The third-order valence-electron chi connectivity index (χ3n) is 3.84. The Morgan fingerprint density at radius 3 is 2.63 bits per heavy atom. The molecule has 98 valence electrons. The summed E-state index contributed by atoms with van der Waals surface area (Å²) in [6.45, 7) is 1.85. The molecule has 0 bridgehead atoms. The zero-order valence-electron chi connectivity index (χ0n) is 10.8. The second-order valence-corrected chi connectivity index (χ2v) is 5.08. The number of anilines is 1. The van der Waals surface area contributed by atoms with Crippen molar-refractivity contribution in [3.63, 3.8) is 0 Å². The van der Waals surface area contributed by atoms with E-state index in [2.05, 4.69) is 23.1 Å². The van der Waals surface area contributed by atoms with Crippen LogP contribution in [0.5, 0.6) is 0 Å². The van der Waals surface area contributed by atoms with Crippen LogP contribution in [0.25, 0.3) is 10.9 Å². The monoisotopic (exact) mass is 254 g/mol. The first-order chi connectivity index (χ1) is 9.24. The summed E-state index contributed by atoms with van der Waals surface area (Å²) in [6, 6.07) is 12.4. The summed E-state index contributed by atoms with van der Waals surface area (Å²) in [5, 5.41) is 8.68. The van der Waals surface area contributed by atoms with Gasteiger partial charge in [-0.3, -0.25) is 5.41 Å². The molecule has 0 saturated carbocycles. The molecule has 19 heavy (non-hydrogen) atoms. The van der Waals surface area contributed by atoms with Crippen molar-refractivity contribution in [2.45, 2.75) is 12.8 Å². The third kappa shape index (κ3) is 2.38. The zero-order valence-corrected chi connectivity index (χ0v) is 10.8. The van der Waals surface area contributed by atoms with Gasteiger partial charge in [0.25, 0.3) is 0 Å². The number of hydrogen-bond acceptors (Lipinski definition) is 3. The minimum Gasteiger partial charge on any atom is -0.387 e. The molecule has 0 spiro atoms. The first kappa shape index (κ1) is 12.0. The fourth-order valence-corrected chi connectivity index (χ4v) is 2.65. The number of aromatic nitrogens is 1. The number of hydrogen-bond donors (Lipinski definition) is 2. The molecule has 2 aromatic rings. The Bertz CT molecular complexity index is 600. The van der Waals surface area contributed by atoms with Crippen LogP contribution in [0.2, 0.25) is 0 Å². The number of nitrogens with one attached hydrogen (secondary N) is 1. The Balaban J connectivity index is 1.80. The lowest BCUT2D eigenvalue weighted by atomic mass is 9.96. The minimum atomic E-state index is 0.247. The number of piperidine rings is 1. The lowest BCUT2D eigenvalue weighted by molar-refractivity contribution is 0.495. The van der Waals surface area contributed by atoms with Crippen LogP contribution in [-0.2, 0) is 0 Å². The molecule has 1 fully saturated rings. The molecule has 1 aliphatic rings. The number of pyridine rings is 1. The summed E-state index contributed by atoms with van der Waals surface area (Å²) >= 11 is 0. The van der Waals surface area contributed by atoms with E-state index >= 15 is 0 Å². The standard InChI is InChI=1S/C15H18N4/c16-15(17)12-7-9-19(10-8-12)14-6-5-11-3-1-2-4-13(11)18-14/h1-6,12H,7-10H2,(H3,16,17). The molecule has 1 aromatic carbocycles. The van der Waals surface area contributed by atoms with Crippen molar-refractivity contribution in [3.05, 3.63) is 36.4 Å². The van der Waals surface area contributed by atoms with Gasteiger partial charge in [-0.05, 0) is 31.0 Å². The number of fused-ring (bicyclic) bond motifs is 1. The Morgan fingerprint density at radius 2 is 1.89 bits per heavy atom. The quantitative estimate of drug-likeness (QED) is 0.639. The summed E-state index contributed by atoms with van der Waals surface area (Å²) in [4.78, 5) is 6.99. The average Bonchev–Trinajstić information content (AvgIpc) is 2.47. The summed E-state index contributed by atoms with van der Waals surface area (Å²) < 4.78 is 0. The van der Waals surface area contributed by atoms with E-state index < -0.39 is 0 Å². The Kier molecular flexibility index (Phi) is 3.07. The van der Waals surface area contributed by atoms with E-state index in [4.69, 9.17) is 16.1 Å². The number of benzene rings is 1. The SMILES string of the molecule is N=C(N)C1CCN(c2ccc3ccccc3n2)CC1. The van der Waals surface area contributed by atoms with Crippen molar-refractivity contribution < 1.29 is 0 Å². The van der Waals surface area contributed by atoms with Crippen molar-refractivity contribution in [2.75, 3.05) is 18.0 Å². The molecule has 1 aromatic heterocycles. The second-order valence-electron chi connectivity index (χ2n) is 5.08. The van der Waals surface area contributed by atoms with Gasteiger partial charge in [-0.25, -0.2) is 4.98 Å². The van der Waals surface area contributed by atoms with Crippen LogP contribution in [0, 0.1) is 11.3 Å². The van der Waals surface area contributed by atoms with Crippen LogP contribution in [0.15, 0.2) is 36.4 Å². The smallest absolute Gasteiger partial charge is 0.129 e. The number of amidine groups is 1. The highest BCUT2D eigenvalue weighted by atomic mass is 15.2. The van der Waals surface area contributed by atoms with E-state index in [9.17, 15) is 0 Å². The van der Waals surface area contributed by atoms with Crippen molar-refractivity contribution >= 4 is 22.6 Å². The molecule has 4 nitrogen and oxygen atoms in total. The largest absolute Gasteiger partial charge is 0.387 e. The maximum absolute atomic E-state index is 7.51. The molecule has 3 N–H and O–H groups in total. The van der Waals surface area contributed by atoms with Crippen molar-refractivity contribution in [2.24, 2.45) is 11.7 Å². The summed E-state index contributed by atoms with van der Waals surface area (Å²) in [7, 11) is 0. The molecule has 0 atom stereocenters. The van der Waals surface area contributed by atoms with Crippen LogP contribution in [0.4, 0.5) is 5.82 Å². The molecule has 4 heteroatoms. The van der Waals surface area contributed by atoms with E-state index in [1.54, 1.807) is 0 Å². The molecule has 3 rings (SSSR count). The van der Waals surface area contributed by atoms with Crippen LogP contribution in [-0.4, -0.2) is 23.9 Å². The normalized spacial score (nSPS) is 16.7. The lowest BCUT2D eigenvalue weighted by Gasteiger charge is -2.32. The van der Waals surface area contributed by atoms with E-state index in [1.165, 1.54) is 5.39 Å². The summed E-state index contributed by atoms with van der Waals surface area (Å²) in [5.74, 6) is 1.60. The predicted molar refractivity (Wildman–Crippen MR) is 78.6 cm³/mol. The van der Waals surface area contributed by atoms with E-state index in [-0.39, 0.29) is 5.92 Å². The highest BCUT2D eigenvalue weighted by Crippen LogP contribution is 2.23. The van der Waals surface area contributed by atoms with E-state index in [0.717, 1.165) is 37.3 Å². The van der Waals surface area contributed by atoms with E-state index in [0.29, 0.717) is 5.84 Å². The molecule has 0 radical (unpaired) electrons. The van der Waals surface area contributed by atoms with E-state index in [1.807, 2.05) is 18.2 Å². The molecule has 1 aliphatic heterocycles. The van der Waals surface area contributed by atoms with Crippen LogP contribution < -0.4 is 10.6 Å². The van der Waals surface area contributed by atoms with Gasteiger partial charge in [-0.15, -0.1) is 0 Å². The molecule has 1 saturated heterocycles. The zero-order chi connectivity index (χ0) is 13.2. The maximum Gasteiger partial charge on any atom is 0.129 e. The number of rotatable bonds is 2. The fourth-order valence-electron chi connectivity index (χ4n) is 2.65. The number of nitrogens with two attached hydrogens (primary N) is 1. The second kappa shape index (κ2) is 4.88. The van der Waals surface area contributed by atoms with Crippen LogP contribution in [0.1, 0.15) is 12.8 Å². The van der Waals surface area contributed by atoms with Gasteiger partial charge in [0.15, 0.2) is 0 Å².